The van der Waals surface area contributed by atoms with Crippen LogP contribution in [0.4, 0.5) is 13.2 Å². The first-order chi connectivity index (χ1) is 6.07. The van der Waals surface area contributed by atoms with Gasteiger partial charge in [-0.1, -0.05) is 0 Å². The minimum Gasteiger partial charge on any atom is -0.228 e. The molecule has 0 saturated carbocycles. The molecule has 1 nitrogen and oxygen atoms in total. The van der Waals surface area contributed by atoms with Crippen molar-refractivity contribution in [2.45, 2.75) is 19.2 Å². The number of hydrogen-bond acceptors (Lipinski definition) is 1. The van der Waals surface area contributed by atoms with Gasteiger partial charge in [-0.05, 0) is 12.5 Å². The van der Waals surface area contributed by atoms with E-state index in [-0.39, 0.29) is 22.6 Å². The quantitative estimate of drug-likeness (QED) is 0.538. The topological polar surface area (TPSA) is 12.9 Å². The van der Waals surface area contributed by atoms with E-state index in [1.165, 1.54) is 6.92 Å². The van der Waals surface area contributed by atoms with Gasteiger partial charge in [0.1, 0.15) is 0 Å². The zero-order valence-electron chi connectivity index (χ0n) is 6.82. The fourth-order valence-corrected chi connectivity index (χ4v) is 1.36. The molecule has 0 saturated heterocycles. The predicted molar refractivity (Wildman–Crippen MR) is 43.4 cm³/mol. The molecule has 5 heteroatoms. The summed E-state index contributed by atoms with van der Waals surface area (Å²) in [5.74, 6) is -0.884. The van der Waals surface area contributed by atoms with Crippen LogP contribution in [0.3, 0.4) is 0 Å². The molecule has 13 heavy (non-hydrogen) atoms. The number of pyridine rings is 1. The van der Waals surface area contributed by atoms with Gasteiger partial charge in [0.05, 0.1) is 0 Å². The van der Waals surface area contributed by atoms with E-state index in [2.05, 4.69) is 4.98 Å². The minimum atomic E-state index is -2.67. The average Bonchev–Trinajstić information content (AvgIpc) is 2.09. The molecule has 0 aliphatic rings. The van der Waals surface area contributed by atoms with Gasteiger partial charge in [-0.2, -0.15) is 4.39 Å². The van der Waals surface area contributed by atoms with Crippen LogP contribution < -0.4 is 0 Å². The summed E-state index contributed by atoms with van der Waals surface area (Å²) in [6, 6.07) is 0. The van der Waals surface area contributed by atoms with Gasteiger partial charge in [-0.25, -0.2) is 13.8 Å². The third-order valence-electron chi connectivity index (χ3n) is 1.80. The fourth-order valence-electron chi connectivity index (χ4n) is 1.01. The summed E-state index contributed by atoms with van der Waals surface area (Å²) in [4.78, 5) is 3.20. The van der Waals surface area contributed by atoms with E-state index in [9.17, 15) is 13.2 Å². The molecule has 0 radical (unpaired) electrons. The van der Waals surface area contributed by atoms with Crippen molar-refractivity contribution in [3.63, 3.8) is 0 Å². The third kappa shape index (κ3) is 1.94. The van der Waals surface area contributed by atoms with Gasteiger partial charge in [-0.3, -0.25) is 0 Å². The highest BCUT2D eigenvalue weighted by molar-refractivity contribution is 6.17. The second kappa shape index (κ2) is 3.96. The number of rotatable bonds is 2. The summed E-state index contributed by atoms with van der Waals surface area (Å²) in [5, 5.41) is 0. The third-order valence-corrected chi connectivity index (χ3v) is 2.06. The molecule has 0 unspecified atom stereocenters. The van der Waals surface area contributed by atoms with Crippen LogP contribution in [0, 0.1) is 12.9 Å². The molecule has 0 spiro atoms. The Kier molecular flexibility index (Phi) is 3.14. The van der Waals surface area contributed by atoms with Gasteiger partial charge in [0.15, 0.2) is 0 Å². The molecule has 0 amide bonds. The van der Waals surface area contributed by atoms with Crippen molar-refractivity contribution in [1.82, 2.24) is 4.98 Å². The second-order valence-corrected chi connectivity index (χ2v) is 2.81. The first-order valence-corrected chi connectivity index (χ1v) is 4.09. The Labute approximate surface area is 78.5 Å². The van der Waals surface area contributed by atoms with Crippen LogP contribution in [0.1, 0.15) is 23.1 Å². The van der Waals surface area contributed by atoms with Crippen LogP contribution in [0.15, 0.2) is 6.20 Å². The monoisotopic (exact) mass is 209 g/mol. The standard InChI is InChI=1S/C8H7ClF3N/c1-4-5(2-9)6(7(10)11)3-13-8(4)12/h3,7H,2H2,1H3. The predicted octanol–water partition coefficient (Wildman–Crippen LogP) is 3.21. The molecule has 1 rings (SSSR count). The SMILES string of the molecule is Cc1c(F)ncc(C(F)F)c1CCl. The lowest BCUT2D eigenvalue weighted by Gasteiger charge is -2.08. The normalized spacial score (nSPS) is 10.9. The van der Waals surface area contributed by atoms with Crippen molar-refractivity contribution in [2.75, 3.05) is 0 Å². The number of alkyl halides is 3. The summed E-state index contributed by atoms with van der Waals surface area (Å²) < 4.78 is 37.4. The lowest BCUT2D eigenvalue weighted by molar-refractivity contribution is 0.149. The van der Waals surface area contributed by atoms with E-state index in [1.54, 1.807) is 0 Å². The lowest BCUT2D eigenvalue weighted by Crippen LogP contribution is -2.01. The zero-order valence-corrected chi connectivity index (χ0v) is 7.58. The van der Waals surface area contributed by atoms with Crippen LogP contribution in [0.5, 0.6) is 0 Å². The molecule has 0 bridgehead atoms. The molecule has 1 aromatic rings. The maximum Gasteiger partial charge on any atom is 0.265 e. The molecule has 72 valence electrons. The highest BCUT2D eigenvalue weighted by atomic mass is 35.5. The van der Waals surface area contributed by atoms with Crippen molar-refractivity contribution in [3.8, 4) is 0 Å². The van der Waals surface area contributed by atoms with Crippen molar-refractivity contribution in [3.05, 3.63) is 28.8 Å². The summed E-state index contributed by atoms with van der Waals surface area (Å²) in [7, 11) is 0. The minimum absolute atomic E-state index is 0.0906. The van der Waals surface area contributed by atoms with E-state index in [0.717, 1.165) is 6.20 Å². The van der Waals surface area contributed by atoms with Crippen LogP contribution >= 0.6 is 11.6 Å². The fraction of sp³-hybridized carbons (Fsp3) is 0.375. The van der Waals surface area contributed by atoms with Gasteiger partial charge >= 0.3 is 0 Å². The molecule has 0 atom stereocenters. The van der Waals surface area contributed by atoms with Crippen molar-refractivity contribution in [2.24, 2.45) is 0 Å². The molecule has 1 aromatic heterocycles. The van der Waals surface area contributed by atoms with Gasteiger partial charge in [0, 0.05) is 23.2 Å². The Bertz CT molecular complexity index is 315. The summed E-state index contributed by atoms with van der Waals surface area (Å²) in [6.07, 6.45) is -1.84. The first-order valence-electron chi connectivity index (χ1n) is 3.56. The van der Waals surface area contributed by atoms with Crippen molar-refractivity contribution in [1.29, 1.82) is 0 Å². The van der Waals surface area contributed by atoms with Crippen LogP contribution in [-0.2, 0) is 5.88 Å². The van der Waals surface area contributed by atoms with E-state index >= 15 is 0 Å². The summed E-state index contributed by atoms with van der Waals surface area (Å²) in [6.45, 7) is 1.38. The van der Waals surface area contributed by atoms with E-state index in [1.807, 2.05) is 0 Å². The maximum absolute atomic E-state index is 12.8. The van der Waals surface area contributed by atoms with Gasteiger partial charge in [0.25, 0.3) is 6.43 Å². The Morgan fingerprint density at radius 2 is 2.15 bits per heavy atom. The average molecular weight is 210 g/mol. The summed E-state index contributed by atoms with van der Waals surface area (Å²) >= 11 is 5.43. The number of halogens is 4. The Hall–Kier alpha value is -0.770. The zero-order chi connectivity index (χ0) is 10.0. The molecule has 0 N–H and O–H groups in total. The largest absolute Gasteiger partial charge is 0.265 e. The van der Waals surface area contributed by atoms with Crippen LogP contribution in [-0.4, -0.2) is 4.98 Å². The Morgan fingerprint density at radius 1 is 1.54 bits per heavy atom. The molecule has 0 aromatic carbocycles. The first kappa shape index (κ1) is 10.3. The Balaban J connectivity index is 3.30. The van der Waals surface area contributed by atoms with Crippen LogP contribution in [0.2, 0.25) is 0 Å². The van der Waals surface area contributed by atoms with Gasteiger partial charge in [-0.15, -0.1) is 11.6 Å². The van der Waals surface area contributed by atoms with Crippen LogP contribution in [0.25, 0.3) is 0 Å². The number of aromatic nitrogens is 1. The van der Waals surface area contributed by atoms with Gasteiger partial charge < -0.3 is 0 Å². The van der Waals surface area contributed by atoms with E-state index in [4.69, 9.17) is 11.6 Å². The second-order valence-electron chi connectivity index (χ2n) is 2.54. The van der Waals surface area contributed by atoms with Gasteiger partial charge in [0.2, 0.25) is 5.95 Å². The van der Waals surface area contributed by atoms with Crippen molar-refractivity contribution >= 4 is 11.6 Å². The van der Waals surface area contributed by atoms with Crippen molar-refractivity contribution < 1.29 is 13.2 Å². The highest BCUT2D eigenvalue weighted by Crippen LogP contribution is 2.26. The molecular weight excluding hydrogens is 203 g/mol. The lowest BCUT2D eigenvalue weighted by atomic mass is 10.1. The Morgan fingerprint density at radius 3 is 2.62 bits per heavy atom. The van der Waals surface area contributed by atoms with E-state index in [0.29, 0.717) is 0 Å². The number of nitrogens with zero attached hydrogens (tertiary/aromatic N) is 1. The smallest absolute Gasteiger partial charge is 0.228 e. The molecule has 0 fully saturated rings. The summed E-state index contributed by atoms with van der Waals surface area (Å²) in [5.41, 5.74) is -0.0779. The molecular formula is C8H7ClF3N. The molecule has 1 heterocycles. The maximum atomic E-state index is 12.8. The molecule has 0 aliphatic carbocycles. The molecule has 0 aliphatic heterocycles. The van der Waals surface area contributed by atoms with E-state index < -0.39 is 12.4 Å². The number of hydrogen-bond donors (Lipinski definition) is 0. The highest BCUT2D eigenvalue weighted by Gasteiger charge is 2.17.